The molecule has 2 aromatic rings. The zero-order valence-electron chi connectivity index (χ0n) is 11.3. The van der Waals surface area contributed by atoms with Crippen molar-refractivity contribution in [3.8, 4) is 0 Å². The van der Waals surface area contributed by atoms with Gasteiger partial charge >= 0.3 is 5.97 Å². The van der Waals surface area contributed by atoms with Gasteiger partial charge in [-0.3, -0.25) is 4.79 Å². The van der Waals surface area contributed by atoms with Gasteiger partial charge in [-0.05, 0) is 59.3 Å². The van der Waals surface area contributed by atoms with Gasteiger partial charge in [-0.15, -0.1) is 0 Å². The second-order valence-corrected chi connectivity index (χ2v) is 5.03. The fourth-order valence-electron chi connectivity index (χ4n) is 1.61. The highest BCUT2D eigenvalue weighted by Gasteiger charge is 2.09. The molecule has 0 fully saturated rings. The number of hydrogen-bond donors (Lipinski definition) is 1. The number of benzene rings is 1. The van der Waals surface area contributed by atoms with E-state index in [2.05, 4.69) is 26.2 Å². The summed E-state index contributed by atoms with van der Waals surface area (Å²) < 4.78 is 5.69. The summed E-state index contributed by atoms with van der Waals surface area (Å²) in [5, 5.41) is 2.71. The molecule has 1 heterocycles. The number of pyridine rings is 1. The minimum absolute atomic E-state index is 0.313. The standard InChI is InChI=1S/C15H13BrN2O3/c1-2-21-15(20)10-3-6-12(7-4-10)18-14(19)13-8-5-11(16)9-17-13/h3-9H,2H2,1H3,(H,18,19). The molecule has 6 heteroatoms. The van der Waals surface area contributed by atoms with E-state index >= 15 is 0 Å². The number of hydrogen-bond acceptors (Lipinski definition) is 4. The van der Waals surface area contributed by atoms with E-state index in [1.54, 1.807) is 49.5 Å². The first-order chi connectivity index (χ1) is 10.1. The minimum atomic E-state index is -0.384. The van der Waals surface area contributed by atoms with Crippen molar-refractivity contribution >= 4 is 33.5 Å². The monoisotopic (exact) mass is 348 g/mol. The van der Waals surface area contributed by atoms with Gasteiger partial charge in [-0.2, -0.15) is 0 Å². The lowest BCUT2D eigenvalue weighted by molar-refractivity contribution is 0.0526. The van der Waals surface area contributed by atoms with E-state index in [1.165, 1.54) is 0 Å². The van der Waals surface area contributed by atoms with Crippen molar-refractivity contribution in [1.82, 2.24) is 4.98 Å². The maximum atomic E-state index is 12.0. The van der Waals surface area contributed by atoms with Gasteiger partial charge < -0.3 is 10.1 Å². The number of halogens is 1. The molecule has 1 aromatic heterocycles. The predicted octanol–water partition coefficient (Wildman–Crippen LogP) is 3.27. The van der Waals surface area contributed by atoms with Crippen molar-refractivity contribution in [2.24, 2.45) is 0 Å². The van der Waals surface area contributed by atoms with E-state index in [0.29, 0.717) is 23.6 Å². The number of esters is 1. The third kappa shape index (κ3) is 4.13. The van der Waals surface area contributed by atoms with E-state index < -0.39 is 0 Å². The normalized spacial score (nSPS) is 10.0. The molecule has 0 saturated heterocycles. The first-order valence-corrected chi connectivity index (χ1v) is 7.09. The third-order valence-corrected chi connectivity index (χ3v) is 3.08. The first-order valence-electron chi connectivity index (χ1n) is 6.30. The molecule has 0 aliphatic heterocycles. The molecule has 108 valence electrons. The lowest BCUT2D eigenvalue weighted by atomic mass is 10.2. The van der Waals surface area contributed by atoms with E-state index in [0.717, 1.165) is 4.47 Å². The molecule has 0 aliphatic rings. The van der Waals surface area contributed by atoms with Crippen LogP contribution in [0, 0.1) is 0 Å². The van der Waals surface area contributed by atoms with Crippen molar-refractivity contribution in [2.45, 2.75) is 6.92 Å². The Labute approximate surface area is 130 Å². The number of anilines is 1. The molecule has 2 rings (SSSR count). The predicted molar refractivity (Wildman–Crippen MR) is 82.3 cm³/mol. The van der Waals surface area contributed by atoms with Crippen molar-refractivity contribution in [2.75, 3.05) is 11.9 Å². The van der Waals surface area contributed by atoms with Crippen molar-refractivity contribution in [3.63, 3.8) is 0 Å². The summed E-state index contributed by atoms with van der Waals surface area (Å²) in [6.07, 6.45) is 1.55. The molecule has 21 heavy (non-hydrogen) atoms. The van der Waals surface area contributed by atoms with Gasteiger partial charge in [-0.25, -0.2) is 9.78 Å². The molecular formula is C15H13BrN2O3. The number of carbonyl (C=O) groups is 2. The van der Waals surface area contributed by atoms with Gasteiger partial charge in [0.15, 0.2) is 0 Å². The van der Waals surface area contributed by atoms with Crippen LogP contribution in [0.4, 0.5) is 5.69 Å². The van der Waals surface area contributed by atoms with Crippen LogP contribution >= 0.6 is 15.9 Å². The van der Waals surface area contributed by atoms with Crippen LogP contribution in [0.15, 0.2) is 47.1 Å². The molecule has 1 aromatic carbocycles. The Balaban J connectivity index is 2.04. The molecule has 0 saturated carbocycles. The van der Waals surface area contributed by atoms with Crippen LogP contribution < -0.4 is 5.32 Å². The van der Waals surface area contributed by atoms with Crippen LogP contribution in [0.5, 0.6) is 0 Å². The minimum Gasteiger partial charge on any atom is -0.462 e. The number of aromatic nitrogens is 1. The summed E-state index contributed by atoms with van der Waals surface area (Å²) >= 11 is 3.26. The molecule has 0 unspecified atom stereocenters. The zero-order valence-corrected chi connectivity index (χ0v) is 12.9. The van der Waals surface area contributed by atoms with Gasteiger partial charge in [0.2, 0.25) is 0 Å². The molecule has 0 radical (unpaired) electrons. The Kier molecular flexibility index (Phi) is 5.05. The number of rotatable bonds is 4. The van der Waals surface area contributed by atoms with Crippen LogP contribution in [0.3, 0.4) is 0 Å². The highest BCUT2D eigenvalue weighted by molar-refractivity contribution is 9.10. The molecular weight excluding hydrogens is 336 g/mol. The van der Waals surface area contributed by atoms with Gasteiger partial charge in [-0.1, -0.05) is 0 Å². The summed E-state index contributed by atoms with van der Waals surface area (Å²) in [7, 11) is 0. The van der Waals surface area contributed by atoms with Gasteiger partial charge in [0, 0.05) is 16.4 Å². The largest absolute Gasteiger partial charge is 0.462 e. The Morgan fingerprint density at radius 2 is 1.90 bits per heavy atom. The van der Waals surface area contributed by atoms with Gasteiger partial charge in [0.05, 0.1) is 12.2 Å². The number of nitrogens with one attached hydrogen (secondary N) is 1. The van der Waals surface area contributed by atoms with Gasteiger partial charge in [0.1, 0.15) is 5.69 Å². The summed E-state index contributed by atoms with van der Waals surface area (Å²) in [6, 6.07) is 9.84. The highest BCUT2D eigenvalue weighted by atomic mass is 79.9. The van der Waals surface area contributed by atoms with E-state index in [-0.39, 0.29) is 11.9 Å². The summed E-state index contributed by atoms with van der Waals surface area (Å²) in [5.74, 6) is -0.698. The first kappa shape index (κ1) is 15.2. The highest BCUT2D eigenvalue weighted by Crippen LogP contribution is 2.13. The molecule has 0 atom stereocenters. The number of carbonyl (C=O) groups excluding carboxylic acids is 2. The van der Waals surface area contributed by atoms with Crippen LogP contribution in [0.1, 0.15) is 27.8 Å². The fourth-order valence-corrected chi connectivity index (χ4v) is 1.84. The molecule has 0 spiro atoms. The summed E-state index contributed by atoms with van der Waals surface area (Å²) in [5.41, 5.74) is 1.34. The van der Waals surface area contributed by atoms with Crippen LogP contribution in [-0.4, -0.2) is 23.5 Å². The summed E-state index contributed by atoms with van der Waals surface area (Å²) in [6.45, 7) is 2.07. The third-order valence-electron chi connectivity index (χ3n) is 2.61. The number of nitrogens with zero attached hydrogens (tertiary/aromatic N) is 1. The quantitative estimate of drug-likeness (QED) is 0.861. The van der Waals surface area contributed by atoms with Crippen LogP contribution in [0.25, 0.3) is 0 Å². The Morgan fingerprint density at radius 3 is 2.48 bits per heavy atom. The van der Waals surface area contributed by atoms with Gasteiger partial charge in [0.25, 0.3) is 5.91 Å². The smallest absolute Gasteiger partial charge is 0.338 e. The molecule has 1 N–H and O–H groups in total. The van der Waals surface area contributed by atoms with E-state index in [1.807, 2.05) is 0 Å². The van der Waals surface area contributed by atoms with Crippen molar-refractivity contribution in [3.05, 3.63) is 58.3 Å². The molecule has 5 nitrogen and oxygen atoms in total. The fraction of sp³-hybridized carbons (Fsp3) is 0.133. The molecule has 1 amide bonds. The maximum absolute atomic E-state index is 12.0. The SMILES string of the molecule is CCOC(=O)c1ccc(NC(=O)c2ccc(Br)cn2)cc1. The lowest BCUT2D eigenvalue weighted by Crippen LogP contribution is -2.13. The Hall–Kier alpha value is -2.21. The van der Waals surface area contributed by atoms with E-state index in [4.69, 9.17) is 4.74 Å². The number of amides is 1. The average Bonchev–Trinajstić information content (AvgIpc) is 2.49. The summed E-state index contributed by atoms with van der Waals surface area (Å²) in [4.78, 5) is 27.5. The van der Waals surface area contributed by atoms with E-state index in [9.17, 15) is 9.59 Å². The maximum Gasteiger partial charge on any atom is 0.338 e. The Morgan fingerprint density at radius 1 is 1.19 bits per heavy atom. The molecule has 0 bridgehead atoms. The molecule has 0 aliphatic carbocycles. The number of ether oxygens (including phenoxy) is 1. The Bertz CT molecular complexity index is 639. The second kappa shape index (κ2) is 6.99. The van der Waals surface area contributed by atoms with Crippen LogP contribution in [0.2, 0.25) is 0 Å². The van der Waals surface area contributed by atoms with Crippen LogP contribution in [-0.2, 0) is 4.74 Å². The second-order valence-electron chi connectivity index (χ2n) is 4.11. The lowest BCUT2D eigenvalue weighted by Gasteiger charge is -2.06. The van der Waals surface area contributed by atoms with Crippen molar-refractivity contribution in [1.29, 1.82) is 0 Å². The van der Waals surface area contributed by atoms with Crippen molar-refractivity contribution < 1.29 is 14.3 Å². The average molecular weight is 349 g/mol. The zero-order chi connectivity index (χ0) is 15.2. The topological polar surface area (TPSA) is 68.3 Å².